The van der Waals surface area contributed by atoms with E-state index in [1.807, 2.05) is 0 Å². The van der Waals surface area contributed by atoms with E-state index in [2.05, 4.69) is 6.08 Å². The topological polar surface area (TPSA) is 0 Å². The minimum Gasteiger partial charge on any atom is -0.197 e. The Labute approximate surface area is 46.5 Å². The van der Waals surface area contributed by atoms with E-state index in [0.29, 0.717) is 6.42 Å². The molecule has 0 saturated heterocycles. The lowest BCUT2D eigenvalue weighted by molar-refractivity contribution is 0.109. The first-order valence-electron chi connectivity index (χ1n) is 2.34. The summed E-state index contributed by atoms with van der Waals surface area (Å²) in [5.74, 6) is -2.74. The van der Waals surface area contributed by atoms with Crippen LogP contribution in [0.15, 0.2) is 18.2 Å². The molecule has 0 bridgehead atoms. The van der Waals surface area contributed by atoms with Crippen molar-refractivity contribution in [1.82, 2.24) is 0 Å². The van der Waals surface area contributed by atoms with Gasteiger partial charge in [-0.25, -0.2) is 0 Å². The molecule has 0 atom stereocenters. The first kappa shape index (κ1) is 5.48. The molecule has 0 spiro atoms. The predicted molar refractivity (Wildman–Crippen MR) is 26.5 cm³/mol. The second kappa shape index (κ2) is 1.69. The molecular formula is C6H5F2. The smallest absolute Gasteiger partial charge is 0.197 e. The summed E-state index contributed by atoms with van der Waals surface area (Å²) in [7, 11) is 0. The zero-order valence-electron chi connectivity index (χ0n) is 4.20. The van der Waals surface area contributed by atoms with E-state index in [-0.39, 0.29) is 0 Å². The summed E-state index contributed by atoms with van der Waals surface area (Å²) in [5.41, 5.74) is 0. The summed E-state index contributed by atoms with van der Waals surface area (Å²) in [5, 5.41) is 0. The van der Waals surface area contributed by atoms with Gasteiger partial charge >= 0.3 is 0 Å². The van der Waals surface area contributed by atoms with Crippen LogP contribution in [0.1, 0.15) is 6.42 Å². The molecule has 8 heavy (non-hydrogen) atoms. The number of hydrogen-bond donors (Lipinski definition) is 0. The van der Waals surface area contributed by atoms with Crippen molar-refractivity contribution in [3.8, 4) is 0 Å². The van der Waals surface area contributed by atoms with E-state index in [1.54, 1.807) is 0 Å². The second-order valence-corrected chi connectivity index (χ2v) is 1.63. The van der Waals surface area contributed by atoms with Gasteiger partial charge in [-0.15, -0.1) is 0 Å². The molecule has 0 unspecified atom stereocenters. The van der Waals surface area contributed by atoms with E-state index < -0.39 is 5.92 Å². The van der Waals surface area contributed by atoms with Gasteiger partial charge in [0.2, 0.25) is 0 Å². The van der Waals surface area contributed by atoms with E-state index in [1.165, 1.54) is 6.08 Å². The third kappa shape index (κ3) is 1.15. The summed E-state index contributed by atoms with van der Waals surface area (Å²) >= 11 is 0. The highest BCUT2D eigenvalue weighted by atomic mass is 19.3. The molecule has 0 aromatic rings. The Morgan fingerprint density at radius 1 is 1.50 bits per heavy atom. The number of rotatable bonds is 0. The van der Waals surface area contributed by atoms with Crippen LogP contribution >= 0.6 is 0 Å². The van der Waals surface area contributed by atoms with Gasteiger partial charge in [0, 0.05) is 0 Å². The highest BCUT2D eigenvalue weighted by Gasteiger charge is 2.21. The molecular weight excluding hydrogens is 110 g/mol. The molecule has 0 nitrogen and oxygen atoms in total. The molecule has 0 aromatic carbocycles. The van der Waals surface area contributed by atoms with Gasteiger partial charge in [0.1, 0.15) is 0 Å². The number of allylic oxidation sites excluding steroid dienone is 4. The van der Waals surface area contributed by atoms with Crippen LogP contribution in [0.25, 0.3) is 0 Å². The first-order valence-corrected chi connectivity index (χ1v) is 2.34. The lowest BCUT2D eigenvalue weighted by Gasteiger charge is -2.06. The lowest BCUT2D eigenvalue weighted by Crippen LogP contribution is -2.08. The van der Waals surface area contributed by atoms with Crippen molar-refractivity contribution in [2.75, 3.05) is 0 Å². The Kier molecular flexibility index (Phi) is 1.16. The molecule has 0 amide bonds. The van der Waals surface area contributed by atoms with Crippen LogP contribution in [-0.2, 0) is 0 Å². The zero-order chi connectivity index (χ0) is 6.04. The zero-order valence-corrected chi connectivity index (χ0v) is 4.20. The molecule has 1 rings (SSSR count). The van der Waals surface area contributed by atoms with Gasteiger partial charge in [-0.3, -0.25) is 0 Å². The highest BCUT2D eigenvalue weighted by molar-refractivity contribution is 5.11. The van der Waals surface area contributed by atoms with Crippen LogP contribution in [0, 0.1) is 6.08 Å². The van der Waals surface area contributed by atoms with E-state index in [0.717, 1.165) is 12.2 Å². The van der Waals surface area contributed by atoms with Crippen LogP contribution in [0.4, 0.5) is 8.78 Å². The highest BCUT2D eigenvalue weighted by Crippen LogP contribution is 2.19. The predicted octanol–water partition coefficient (Wildman–Crippen LogP) is 1.94. The minimum absolute atomic E-state index is 0.510. The Hall–Kier alpha value is -0.660. The van der Waals surface area contributed by atoms with E-state index >= 15 is 0 Å². The van der Waals surface area contributed by atoms with Crippen LogP contribution in [0.5, 0.6) is 0 Å². The Bertz CT molecular complexity index is 119. The van der Waals surface area contributed by atoms with Gasteiger partial charge in [-0.05, 0) is 24.6 Å². The molecule has 0 aromatic heterocycles. The van der Waals surface area contributed by atoms with Crippen LogP contribution < -0.4 is 0 Å². The van der Waals surface area contributed by atoms with Gasteiger partial charge in [0.15, 0.2) is 0 Å². The summed E-state index contributed by atoms with van der Waals surface area (Å²) < 4.78 is 24.0. The number of hydrogen-bond acceptors (Lipinski definition) is 0. The molecule has 0 saturated carbocycles. The monoisotopic (exact) mass is 115 g/mol. The average molecular weight is 115 g/mol. The van der Waals surface area contributed by atoms with Gasteiger partial charge in [-0.2, -0.15) is 8.78 Å². The Balaban J connectivity index is 2.69. The summed E-state index contributed by atoms with van der Waals surface area (Å²) in [6.45, 7) is 0. The van der Waals surface area contributed by atoms with Crippen molar-refractivity contribution in [2.24, 2.45) is 0 Å². The maximum Gasteiger partial charge on any atom is 0.285 e. The normalized spacial score (nSPS) is 23.8. The van der Waals surface area contributed by atoms with Crippen molar-refractivity contribution < 1.29 is 8.78 Å². The maximum atomic E-state index is 12.0. The number of alkyl halides is 2. The number of halogens is 2. The molecule has 1 radical (unpaired) electrons. The molecule has 1 aliphatic rings. The largest absolute Gasteiger partial charge is 0.285 e. The standard InChI is InChI=1S/C6H5F2/c7-6(8)4-2-1-3-5-6/h2,4-5H,1H2. The first-order chi connectivity index (χ1) is 3.71. The van der Waals surface area contributed by atoms with Crippen LogP contribution in [0.3, 0.4) is 0 Å². The minimum atomic E-state index is -2.74. The summed E-state index contributed by atoms with van der Waals surface area (Å²) in [6.07, 6.45) is 5.99. The molecule has 0 fully saturated rings. The third-order valence-corrected chi connectivity index (χ3v) is 0.870. The fraction of sp³-hybridized carbons (Fsp3) is 0.333. The molecule has 0 heterocycles. The van der Waals surface area contributed by atoms with Gasteiger partial charge in [0.05, 0.1) is 0 Å². The summed E-state index contributed by atoms with van der Waals surface area (Å²) in [6, 6.07) is 0. The van der Waals surface area contributed by atoms with Crippen LogP contribution in [-0.4, -0.2) is 5.92 Å². The SMILES string of the molecule is FC1(F)C=[C]CC=C1. The van der Waals surface area contributed by atoms with Crippen molar-refractivity contribution >= 4 is 0 Å². The fourth-order valence-electron chi connectivity index (χ4n) is 0.527. The molecule has 0 N–H and O–H groups in total. The van der Waals surface area contributed by atoms with Gasteiger partial charge < -0.3 is 0 Å². The van der Waals surface area contributed by atoms with Crippen molar-refractivity contribution in [2.45, 2.75) is 12.3 Å². The Morgan fingerprint density at radius 3 is 2.50 bits per heavy atom. The maximum absolute atomic E-state index is 12.0. The molecule has 43 valence electrons. The van der Waals surface area contributed by atoms with E-state index in [4.69, 9.17) is 0 Å². The summed E-state index contributed by atoms with van der Waals surface area (Å²) in [4.78, 5) is 0. The van der Waals surface area contributed by atoms with Crippen molar-refractivity contribution in [1.29, 1.82) is 0 Å². The van der Waals surface area contributed by atoms with E-state index in [9.17, 15) is 8.78 Å². The fourth-order valence-corrected chi connectivity index (χ4v) is 0.527. The van der Waals surface area contributed by atoms with Crippen molar-refractivity contribution in [3.05, 3.63) is 24.3 Å². The lowest BCUT2D eigenvalue weighted by atomic mass is 10.2. The molecule has 2 heteroatoms. The van der Waals surface area contributed by atoms with Crippen molar-refractivity contribution in [3.63, 3.8) is 0 Å². The quantitative estimate of drug-likeness (QED) is 0.423. The second-order valence-electron chi connectivity index (χ2n) is 1.63. The molecule has 0 aliphatic heterocycles. The Morgan fingerprint density at radius 2 is 2.25 bits per heavy atom. The van der Waals surface area contributed by atoms with Crippen LogP contribution in [0.2, 0.25) is 0 Å². The average Bonchev–Trinajstić information content (AvgIpc) is 1.65. The van der Waals surface area contributed by atoms with Gasteiger partial charge in [-0.1, -0.05) is 6.08 Å². The molecule has 1 aliphatic carbocycles. The van der Waals surface area contributed by atoms with Gasteiger partial charge in [0.25, 0.3) is 5.92 Å². The third-order valence-electron chi connectivity index (χ3n) is 0.870.